The average Bonchev–Trinajstić information content (AvgIpc) is 3.04. The maximum atomic E-state index is 11.8. The summed E-state index contributed by atoms with van der Waals surface area (Å²) in [7, 11) is 0. The molecular weight excluding hydrogens is 304 g/mol. The van der Waals surface area contributed by atoms with Crippen LogP contribution in [0.25, 0.3) is 0 Å². The van der Waals surface area contributed by atoms with Crippen LogP contribution in [-0.4, -0.2) is 33.6 Å². The molecule has 0 amide bonds. The molecule has 1 aromatic heterocycles. The van der Waals surface area contributed by atoms with Crippen molar-refractivity contribution in [3.63, 3.8) is 0 Å². The Balaban J connectivity index is 1.94. The molecule has 2 fully saturated rings. The first-order valence-corrected chi connectivity index (χ1v) is 9.29. The predicted octanol–water partition coefficient (Wildman–Crippen LogP) is 3.15. The summed E-state index contributed by atoms with van der Waals surface area (Å²) in [6.45, 7) is 6.34. The van der Waals surface area contributed by atoms with Crippen molar-refractivity contribution in [2.75, 3.05) is 6.61 Å². The van der Waals surface area contributed by atoms with Gasteiger partial charge in [-0.2, -0.15) is 0 Å². The van der Waals surface area contributed by atoms with Gasteiger partial charge in [0.25, 0.3) is 0 Å². The van der Waals surface area contributed by atoms with Gasteiger partial charge in [0.15, 0.2) is 0 Å². The molecule has 1 unspecified atom stereocenters. The van der Waals surface area contributed by atoms with E-state index < -0.39 is 11.7 Å². The minimum Gasteiger partial charge on any atom is -0.472 e. The van der Waals surface area contributed by atoms with Gasteiger partial charge in [-0.1, -0.05) is 27.2 Å². The van der Waals surface area contributed by atoms with Gasteiger partial charge in [-0.3, -0.25) is 0 Å². The Kier molecular flexibility index (Phi) is 4.61. The summed E-state index contributed by atoms with van der Waals surface area (Å²) in [5.74, 6) is -0.0454. The van der Waals surface area contributed by atoms with Gasteiger partial charge in [0.05, 0.1) is 24.2 Å². The van der Waals surface area contributed by atoms with E-state index in [0.29, 0.717) is 12.8 Å². The van der Waals surface area contributed by atoms with Crippen LogP contribution in [0.2, 0.25) is 0 Å². The normalized spacial score (nSPS) is 45.8. The lowest BCUT2D eigenvalue weighted by molar-refractivity contribution is -0.251. The maximum absolute atomic E-state index is 11.8. The van der Waals surface area contributed by atoms with Crippen LogP contribution in [0, 0.1) is 22.7 Å². The molecule has 1 aromatic rings. The van der Waals surface area contributed by atoms with E-state index in [2.05, 4.69) is 20.8 Å². The fourth-order valence-electron chi connectivity index (χ4n) is 6.05. The number of furan rings is 1. The molecule has 0 saturated heterocycles. The van der Waals surface area contributed by atoms with Crippen molar-refractivity contribution in [3.05, 3.63) is 24.2 Å². The van der Waals surface area contributed by atoms with Crippen molar-refractivity contribution in [1.29, 1.82) is 0 Å². The highest BCUT2D eigenvalue weighted by Gasteiger charge is 2.64. The summed E-state index contributed by atoms with van der Waals surface area (Å²) in [5, 5.41) is 32.7. The summed E-state index contributed by atoms with van der Waals surface area (Å²) >= 11 is 0. The van der Waals surface area contributed by atoms with Crippen molar-refractivity contribution in [2.45, 2.75) is 71.0 Å². The number of aliphatic hydroxyl groups excluding tert-OH is 2. The van der Waals surface area contributed by atoms with Gasteiger partial charge in [0.1, 0.15) is 0 Å². The Morgan fingerprint density at radius 3 is 2.67 bits per heavy atom. The molecule has 0 aliphatic heterocycles. The number of aryl methyl sites for hydroxylation is 1. The van der Waals surface area contributed by atoms with Crippen molar-refractivity contribution >= 4 is 0 Å². The lowest BCUT2D eigenvalue weighted by Gasteiger charge is -2.64. The van der Waals surface area contributed by atoms with Gasteiger partial charge in [-0.05, 0) is 55.1 Å². The van der Waals surface area contributed by atoms with E-state index in [1.54, 1.807) is 12.5 Å². The smallest absolute Gasteiger partial charge is 0.0934 e. The zero-order valence-corrected chi connectivity index (χ0v) is 15.2. The Bertz CT molecular complexity index is 556. The number of hydrogen-bond donors (Lipinski definition) is 3. The number of aliphatic hydroxyl groups is 3. The molecule has 2 aliphatic carbocycles. The maximum Gasteiger partial charge on any atom is 0.0934 e. The van der Waals surface area contributed by atoms with E-state index in [4.69, 9.17) is 4.42 Å². The van der Waals surface area contributed by atoms with Gasteiger partial charge < -0.3 is 19.7 Å². The van der Waals surface area contributed by atoms with Crippen LogP contribution < -0.4 is 0 Å². The molecule has 0 bridgehead atoms. The van der Waals surface area contributed by atoms with Crippen LogP contribution in [0.5, 0.6) is 0 Å². The Hall–Kier alpha value is -0.840. The Morgan fingerprint density at radius 2 is 2.04 bits per heavy atom. The molecular formula is C20H32O4. The van der Waals surface area contributed by atoms with E-state index >= 15 is 0 Å². The zero-order chi connectivity index (χ0) is 17.6. The summed E-state index contributed by atoms with van der Waals surface area (Å²) in [6.07, 6.45) is 7.77. The molecule has 0 aromatic carbocycles. The first-order chi connectivity index (χ1) is 11.3. The van der Waals surface area contributed by atoms with Crippen LogP contribution in [-0.2, 0) is 6.42 Å². The second-order valence-corrected chi connectivity index (χ2v) is 8.82. The standard InChI is InChI=1S/C20H32O4/c1-14-11-16(22)17-18(2,13-21)7-4-8-19(17,3)20(14,23)9-5-15-6-10-24-12-15/h6,10,12,14,16-17,21-23H,4-5,7-9,11,13H2,1-3H3/t14-,16-,17?,18-,19+,20-/m0/s1. The highest BCUT2D eigenvalue weighted by atomic mass is 16.3. The van der Waals surface area contributed by atoms with Gasteiger partial charge in [-0.25, -0.2) is 0 Å². The minimum atomic E-state index is -0.842. The number of rotatable bonds is 4. The third-order valence-corrected chi connectivity index (χ3v) is 7.40. The third-order valence-electron chi connectivity index (χ3n) is 7.40. The highest BCUT2D eigenvalue weighted by Crippen LogP contribution is 2.63. The van der Waals surface area contributed by atoms with E-state index in [-0.39, 0.29) is 29.3 Å². The minimum absolute atomic E-state index is 0.0293. The third kappa shape index (κ3) is 2.54. The molecule has 0 spiro atoms. The molecule has 2 aliphatic rings. The molecule has 1 heterocycles. The summed E-state index contributed by atoms with van der Waals surface area (Å²) in [6, 6.07) is 1.95. The van der Waals surface area contributed by atoms with E-state index in [0.717, 1.165) is 31.2 Å². The topological polar surface area (TPSA) is 73.8 Å². The van der Waals surface area contributed by atoms with Crippen LogP contribution in [0.15, 0.2) is 23.0 Å². The summed E-state index contributed by atoms with van der Waals surface area (Å²) in [5.41, 5.74) is -0.451. The number of hydrogen-bond acceptors (Lipinski definition) is 4. The van der Waals surface area contributed by atoms with Crippen LogP contribution in [0.3, 0.4) is 0 Å². The van der Waals surface area contributed by atoms with Gasteiger partial charge in [-0.15, -0.1) is 0 Å². The van der Waals surface area contributed by atoms with E-state index in [1.807, 2.05) is 6.07 Å². The van der Waals surface area contributed by atoms with Crippen molar-refractivity contribution in [3.8, 4) is 0 Å². The second-order valence-electron chi connectivity index (χ2n) is 8.82. The molecule has 4 heteroatoms. The van der Waals surface area contributed by atoms with Gasteiger partial charge >= 0.3 is 0 Å². The van der Waals surface area contributed by atoms with E-state index in [1.165, 1.54) is 0 Å². The highest BCUT2D eigenvalue weighted by molar-refractivity contribution is 5.16. The van der Waals surface area contributed by atoms with E-state index in [9.17, 15) is 15.3 Å². The molecule has 136 valence electrons. The zero-order valence-electron chi connectivity index (χ0n) is 15.2. The fraction of sp³-hybridized carbons (Fsp3) is 0.800. The fourth-order valence-corrected chi connectivity index (χ4v) is 6.05. The van der Waals surface area contributed by atoms with Crippen molar-refractivity contribution in [1.82, 2.24) is 0 Å². The van der Waals surface area contributed by atoms with Gasteiger partial charge in [0.2, 0.25) is 0 Å². The largest absolute Gasteiger partial charge is 0.472 e. The first kappa shape index (κ1) is 18.0. The predicted molar refractivity (Wildman–Crippen MR) is 92.4 cm³/mol. The average molecular weight is 336 g/mol. The van der Waals surface area contributed by atoms with Gasteiger partial charge in [0, 0.05) is 17.9 Å². The lowest BCUT2D eigenvalue weighted by atomic mass is 9.43. The molecule has 3 N–H and O–H groups in total. The second kappa shape index (κ2) is 6.15. The summed E-state index contributed by atoms with van der Waals surface area (Å²) in [4.78, 5) is 0. The first-order valence-electron chi connectivity index (χ1n) is 9.29. The lowest BCUT2D eigenvalue weighted by Crippen LogP contribution is -2.67. The molecule has 24 heavy (non-hydrogen) atoms. The SMILES string of the molecule is C[C@H]1C[C@H](O)C2[C@](C)(CO)CCC[C@@]2(C)[C@]1(O)CCc1ccoc1. The molecule has 3 rings (SSSR count). The summed E-state index contributed by atoms with van der Waals surface area (Å²) < 4.78 is 5.16. The van der Waals surface area contributed by atoms with Crippen molar-refractivity contribution < 1.29 is 19.7 Å². The van der Waals surface area contributed by atoms with Crippen LogP contribution >= 0.6 is 0 Å². The number of fused-ring (bicyclic) bond motifs is 1. The molecule has 2 saturated carbocycles. The molecule has 4 nitrogen and oxygen atoms in total. The quantitative estimate of drug-likeness (QED) is 0.790. The Morgan fingerprint density at radius 1 is 1.29 bits per heavy atom. The Labute approximate surface area is 144 Å². The van der Waals surface area contributed by atoms with Crippen LogP contribution in [0.1, 0.15) is 58.4 Å². The van der Waals surface area contributed by atoms with Crippen molar-refractivity contribution in [2.24, 2.45) is 22.7 Å². The monoisotopic (exact) mass is 336 g/mol. The molecule has 0 radical (unpaired) electrons. The van der Waals surface area contributed by atoms with Crippen LogP contribution in [0.4, 0.5) is 0 Å². The molecule has 6 atom stereocenters.